The molecule has 1 atom stereocenters. The quantitative estimate of drug-likeness (QED) is 0.688. The van der Waals surface area contributed by atoms with Crippen molar-refractivity contribution in [1.82, 2.24) is 15.3 Å². The predicted molar refractivity (Wildman–Crippen MR) is 115 cm³/mol. The van der Waals surface area contributed by atoms with Crippen LogP contribution in [-0.2, 0) is 16.6 Å². The molecule has 0 fully saturated rings. The number of nitrogens with zero attached hydrogens (tertiary/aromatic N) is 1. The third-order valence-corrected chi connectivity index (χ3v) is 4.26. The minimum atomic E-state index is -0.523. The van der Waals surface area contributed by atoms with Crippen LogP contribution in [-0.4, -0.2) is 27.7 Å². The van der Waals surface area contributed by atoms with Crippen molar-refractivity contribution in [3.63, 3.8) is 0 Å². The van der Waals surface area contributed by atoms with Gasteiger partial charge in [0.25, 0.3) is 0 Å². The molecule has 1 amide bonds. The fourth-order valence-electron chi connectivity index (χ4n) is 3.03. The van der Waals surface area contributed by atoms with Crippen molar-refractivity contribution >= 4 is 6.09 Å². The van der Waals surface area contributed by atoms with Crippen molar-refractivity contribution in [2.75, 3.05) is 0 Å². The van der Waals surface area contributed by atoms with Gasteiger partial charge in [-0.1, -0.05) is 51.1 Å². The monoisotopic (exact) mass is 383 g/mol. The lowest BCUT2D eigenvalue weighted by Crippen LogP contribution is -2.39. The fraction of sp³-hybridized carbons (Fsp3) is 0.478. The van der Waals surface area contributed by atoms with Gasteiger partial charge in [0.1, 0.15) is 11.4 Å². The standard InChI is InChI=1S/C23H33N3O2/c1-9-18(25-21(27)28-23(6,7)8)14-16-10-12-17(13-11-16)20-24-15(2)19(26-20)22(3,4)5/h9-13,18H,1,14H2,2-8H3,(H,24,26)(H,25,27)/t18-/m1/s1. The largest absolute Gasteiger partial charge is 0.444 e. The van der Waals surface area contributed by atoms with E-state index in [-0.39, 0.29) is 11.5 Å². The van der Waals surface area contributed by atoms with Crippen LogP contribution in [0.15, 0.2) is 36.9 Å². The first-order chi connectivity index (χ1) is 12.9. The molecule has 152 valence electrons. The Labute approximate surface area is 168 Å². The molecular weight excluding hydrogens is 350 g/mol. The van der Waals surface area contributed by atoms with Crippen LogP contribution < -0.4 is 5.32 Å². The Morgan fingerprint density at radius 1 is 1.21 bits per heavy atom. The average molecular weight is 384 g/mol. The summed E-state index contributed by atoms with van der Waals surface area (Å²) in [5, 5.41) is 2.85. The summed E-state index contributed by atoms with van der Waals surface area (Å²) in [6.45, 7) is 17.9. The normalized spacial score (nSPS) is 13.1. The van der Waals surface area contributed by atoms with E-state index in [4.69, 9.17) is 9.72 Å². The molecule has 0 saturated heterocycles. The lowest BCUT2D eigenvalue weighted by Gasteiger charge is -2.22. The second kappa shape index (κ2) is 8.21. The molecule has 0 aliphatic carbocycles. The summed E-state index contributed by atoms with van der Waals surface area (Å²) in [5.74, 6) is 0.876. The lowest BCUT2D eigenvalue weighted by atomic mass is 9.91. The Morgan fingerprint density at radius 3 is 2.29 bits per heavy atom. The maximum atomic E-state index is 12.0. The fourth-order valence-corrected chi connectivity index (χ4v) is 3.03. The van der Waals surface area contributed by atoms with Crippen molar-refractivity contribution in [2.45, 2.75) is 71.9 Å². The van der Waals surface area contributed by atoms with Crippen LogP contribution in [0.5, 0.6) is 0 Å². The average Bonchev–Trinajstić information content (AvgIpc) is 2.95. The Morgan fingerprint density at radius 2 is 1.82 bits per heavy atom. The Bertz CT molecular complexity index is 821. The van der Waals surface area contributed by atoms with Gasteiger partial charge in [-0.25, -0.2) is 9.78 Å². The number of benzene rings is 1. The topological polar surface area (TPSA) is 67.0 Å². The highest BCUT2D eigenvalue weighted by molar-refractivity contribution is 5.68. The van der Waals surface area contributed by atoms with Gasteiger partial charge in [-0.15, -0.1) is 6.58 Å². The van der Waals surface area contributed by atoms with Gasteiger partial charge in [-0.05, 0) is 39.7 Å². The van der Waals surface area contributed by atoms with Gasteiger partial charge in [0.2, 0.25) is 0 Å². The Kier molecular flexibility index (Phi) is 6.37. The molecule has 1 heterocycles. The summed E-state index contributed by atoms with van der Waals surface area (Å²) in [6.07, 6.45) is 1.94. The number of aromatic amines is 1. The zero-order valence-corrected chi connectivity index (χ0v) is 18.1. The van der Waals surface area contributed by atoms with Crippen molar-refractivity contribution in [1.29, 1.82) is 0 Å². The van der Waals surface area contributed by atoms with Gasteiger partial charge in [-0.3, -0.25) is 0 Å². The number of aromatic nitrogens is 2. The number of H-pyrrole nitrogens is 1. The molecule has 0 saturated carbocycles. The number of carbonyl (C=O) groups excluding carboxylic acids is 1. The van der Waals surface area contributed by atoms with E-state index in [1.54, 1.807) is 6.08 Å². The number of hydrogen-bond acceptors (Lipinski definition) is 3. The highest BCUT2D eigenvalue weighted by Gasteiger charge is 2.21. The minimum absolute atomic E-state index is 0.00326. The van der Waals surface area contributed by atoms with Gasteiger partial charge in [0.15, 0.2) is 0 Å². The zero-order valence-electron chi connectivity index (χ0n) is 18.1. The van der Waals surface area contributed by atoms with Gasteiger partial charge in [-0.2, -0.15) is 0 Å². The first-order valence-corrected chi connectivity index (χ1v) is 9.67. The molecule has 2 rings (SSSR count). The highest BCUT2D eigenvalue weighted by atomic mass is 16.6. The predicted octanol–water partition coefficient (Wildman–Crippen LogP) is 5.30. The van der Waals surface area contributed by atoms with Crippen LogP contribution in [0.25, 0.3) is 11.4 Å². The number of aryl methyl sites for hydroxylation is 1. The molecule has 2 N–H and O–H groups in total. The van der Waals surface area contributed by atoms with Crippen molar-refractivity contribution < 1.29 is 9.53 Å². The van der Waals surface area contributed by atoms with Crippen LogP contribution >= 0.6 is 0 Å². The maximum absolute atomic E-state index is 12.0. The number of amides is 1. The van der Waals surface area contributed by atoms with Gasteiger partial charge in [0.05, 0.1) is 11.7 Å². The molecule has 28 heavy (non-hydrogen) atoms. The number of hydrogen-bond donors (Lipinski definition) is 2. The molecule has 0 spiro atoms. The molecule has 2 aromatic rings. The van der Waals surface area contributed by atoms with Crippen LogP contribution in [0.2, 0.25) is 0 Å². The summed E-state index contributed by atoms with van der Waals surface area (Å²) in [5.41, 5.74) is 3.80. The summed E-state index contributed by atoms with van der Waals surface area (Å²) in [4.78, 5) is 20.2. The molecule has 1 aromatic carbocycles. The van der Waals surface area contributed by atoms with Gasteiger partial charge < -0.3 is 15.0 Å². The van der Waals surface area contributed by atoms with Crippen molar-refractivity contribution in [3.05, 3.63) is 53.9 Å². The van der Waals surface area contributed by atoms with E-state index in [1.165, 1.54) is 0 Å². The molecule has 0 bridgehead atoms. The molecule has 1 aromatic heterocycles. The number of rotatable bonds is 5. The Hall–Kier alpha value is -2.56. The van der Waals surface area contributed by atoms with E-state index >= 15 is 0 Å². The van der Waals surface area contributed by atoms with Crippen molar-refractivity contribution in [2.24, 2.45) is 0 Å². The van der Waals surface area contributed by atoms with E-state index in [0.29, 0.717) is 6.42 Å². The number of imidazole rings is 1. The molecule has 0 radical (unpaired) electrons. The first-order valence-electron chi connectivity index (χ1n) is 9.67. The molecule has 0 unspecified atom stereocenters. The van der Waals surface area contributed by atoms with Crippen LogP contribution in [0.4, 0.5) is 4.79 Å². The number of ether oxygens (including phenoxy) is 1. The van der Waals surface area contributed by atoms with E-state index in [2.05, 4.69) is 56.7 Å². The zero-order chi connectivity index (χ0) is 21.1. The summed E-state index contributed by atoms with van der Waals surface area (Å²) in [6, 6.07) is 8.01. The van der Waals surface area contributed by atoms with Crippen LogP contribution in [0, 0.1) is 6.92 Å². The van der Waals surface area contributed by atoms with E-state index in [9.17, 15) is 4.79 Å². The molecular formula is C23H33N3O2. The van der Waals surface area contributed by atoms with Gasteiger partial charge >= 0.3 is 6.09 Å². The second-order valence-electron chi connectivity index (χ2n) is 9.20. The molecule has 0 aliphatic rings. The SMILES string of the molecule is C=C[C@H](Cc1ccc(-c2nc(C(C)(C)C)c(C)[nH]2)cc1)NC(=O)OC(C)(C)C. The highest BCUT2D eigenvalue weighted by Crippen LogP contribution is 2.27. The summed E-state index contributed by atoms with van der Waals surface area (Å²) in [7, 11) is 0. The molecule has 5 heteroatoms. The first kappa shape index (κ1) is 21.7. The number of nitrogens with one attached hydrogen (secondary N) is 2. The second-order valence-corrected chi connectivity index (χ2v) is 9.20. The minimum Gasteiger partial charge on any atom is -0.444 e. The third-order valence-electron chi connectivity index (χ3n) is 4.26. The van der Waals surface area contributed by atoms with E-state index in [1.807, 2.05) is 32.9 Å². The van der Waals surface area contributed by atoms with Gasteiger partial charge in [0, 0.05) is 16.7 Å². The maximum Gasteiger partial charge on any atom is 0.408 e. The molecule has 5 nitrogen and oxygen atoms in total. The van der Waals surface area contributed by atoms with E-state index in [0.717, 1.165) is 28.3 Å². The Balaban J connectivity index is 2.08. The van der Waals surface area contributed by atoms with Crippen LogP contribution in [0.3, 0.4) is 0 Å². The number of alkyl carbamates (subject to hydrolysis) is 1. The molecule has 0 aliphatic heterocycles. The lowest BCUT2D eigenvalue weighted by molar-refractivity contribution is 0.0514. The smallest absolute Gasteiger partial charge is 0.408 e. The van der Waals surface area contributed by atoms with E-state index < -0.39 is 11.7 Å². The summed E-state index contributed by atoms with van der Waals surface area (Å²) < 4.78 is 5.32. The summed E-state index contributed by atoms with van der Waals surface area (Å²) >= 11 is 0. The third kappa shape index (κ3) is 5.98. The number of carbonyl (C=O) groups is 1. The van der Waals surface area contributed by atoms with Crippen LogP contribution in [0.1, 0.15) is 58.5 Å². The van der Waals surface area contributed by atoms with Crippen molar-refractivity contribution in [3.8, 4) is 11.4 Å².